The van der Waals surface area contributed by atoms with Gasteiger partial charge in [-0.2, -0.15) is 0 Å². The fourth-order valence-electron chi connectivity index (χ4n) is 2.82. The van der Waals surface area contributed by atoms with E-state index in [1.807, 2.05) is 6.07 Å². The number of rotatable bonds is 1. The molecule has 0 saturated carbocycles. The maximum atomic E-state index is 11.7. The molecule has 118 valence electrons. The van der Waals surface area contributed by atoms with Crippen LogP contribution in [0.15, 0.2) is 29.1 Å². The van der Waals surface area contributed by atoms with Crippen molar-refractivity contribution in [3.05, 3.63) is 44.5 Å². The van der Waals surface area contributed by atoms with Crippen LogP contribution in [0.4, 0.5) is 5.69 Å². The van der Waals surface area contributed by atoms with Crippen LogP contribution in [0.5, 0.6) is 0 Å². The van der Waals surface area contributed by atoms with Gasteiger partial charge in [-0.1, -0.05) is 23.2 Å². The van der Waals surface area contributed by atoms with Gasteiger partial charge in [0, 0.05) is 44.0 Å². The lowest BCUT2D eigenvalue weighted by atomic mass is 10.2. The van der Waals surface area contributed by atoms with Crippen LogP contribution < -0.4 is 15.6 Å². The maximum absolute atomic E-state index is 11.7. The summed E-state index contributed by atoms with van der Waals surface area (Å²) in [6.45, 7) is 3.82. The van der Waals surface area contributed by atoms with Gasteiger partial charge in [0.1, 0.15) is 0 Å². The molecule has 4 nitrogen and oxygen atoms in total. The summed E-state index contributed by atoms with van der Waals surface area (Å²) in [5.74, 6) is 0. The highest BCUT2D eigenvalue weighted by molar-refractivity contribution is 7.21. The third-order valence-electron chi connectivity index (χ3n) is 3.94. The van der Waals surface area contributed by atoms with E-state index in [1.165, 1.54) is 17.4 Å². The number of fused-ring (bicyclic) bond motifs is 2. The molecule has 0 radical (unpaired) electrons. The minimum atomic E-state index is -0.107. The first kappa shape index (κ1) is 15.1. The molecule has 2 aliphatic heterocycles. The van der Waals surface area contributed by atoms with E-state index in [0.29, 0.717) is 15.7 Å². The Kier molecular flexibility index (Phi) is 3.89. The summed E-state index contributed by atoms with van der Waals surface area (Å²) in [4.78, 5) is 19.3. The average molecular weight is 366 g/mol. The van der Waals surface area contributed by atoms with Crippen LogP contribution in [0.25, 0.3) is 20.8 Å². The second-order valence-corrected chi connectivity index (χ2v) is 7.38. The predicted molar refractivity (Wildman–Crippen MR) is 97.6 cm³/mol. The van der Waals surface area contributed by atoms with Gasteiger partial charge in [0.2, 0.25) is 0 Å². The third kappa shape index (κ3) is 2.78. The second-order valence-electron chi connectivity index (χ2n) is 5.48. The Morgan fingerprint density at radius 2 is 1.87 bits per heavy atom. The van der Waals surface area contributed by atoms with E-state index >= 15 is 0 Å². The van der Waals surface area contributed by atoms with Crippen molar-refractivity contribution < 1.29 is 0 Å². The molecule has 1 N–H and O–H groups in total. The summed E-state index contributed by atoms with van der Waals surface area (Å²) in [7, 11) is 0. The molecule has 0 aromatic heterocycles. The largest absolute Gasteiger partial charge is 0.369 e. The molecule has 0 spiro atoms. The first-order valence-corrected chi connectivity index (χ1v) is 8.88. The van der Waals surface area contributed by atoms with E-state index in [4.69, 9.17) is 23.2 Å². The van der Waals surface area contributed by atoms with Crippen LogP contribution in [-0.2, 0) is 0 Å². The van der Waals surface area contributed by atoms with Gasteiger partial charge < -0.3 is 10.2 Å². The van der Waals surface area contributed by atoms with Gasteiger partial charge >= 0.3 is 0 Å². The van der Waals surface area contributed by atoms with Crippen LogP contribution in [0.1, 0.15) is 0 Å². The molecule has 0 amide bonds. The molecule has 1 aromatic rings. The molecule has 23 heavy (non-hydrogen) atoms. The quantitative estimate of drug-likeness (QED) is 0.670. The molecule has 7 heteroatoms. The summed E-state index contributed by atoms with van der Waals surface area (Å²) in [6.07, 6.45) is 0. The number of hydrogen-bond donors (Lipinski definition) is 1. The SMILES string of the molecule is O=c1cc2sc3cc(N4CCNCC4)cc(Cl)c3nc-2c(Cl)c1. The number of nitrogens with one attached hydrogen (secondary N) is 1. The van der Waals surface area contributed by atoms with Crippen LogP contribution in [0.3, 0.4) is 0 Å². The lowest BCUT2D eigenvalue weighted by Crippen LogP contribution is -2.43. The number of anilines is 1. The highest BCUT2D eigenvalue weighted by Crippen LogP contribution is 2.38. The first-order chi connectivity index (χ1) is 11.1. The topological polar surface area (TPSA) is 45.2 Å². The zero-order valence-electron chi connectivity index (χ0n) is 12.1. The predicted octanol–water partition coefficient (Wildman–Crippen LogP) is 3.48. The van der Waals surface area contributed by atoms with Gasteiger partial charge in [-0.25, -0.2) is 4.98 Å². The van der Waals surface area contributed by atoms with E-state index in [9.17, 15) is 4.79 Å². The zero-order valence-corrected chi connectivity index (χ0v) is 14.4. The van der Waals surface area contributed by atoms with Crippen LogP contribution >= 0.6 is 34.5 Å². The van der Waals surface area contributed by atoms with Gasteiger partial charge in [-0.3, -0.25) is 4.79 Å². The highest BCUT2D eigenvalue weighted by Gasteiger charge is 2.17. The molecule has 1 saturated heterocycles. The summed E-state index contributed by atoms with van der Waals surface area (Å²) < 4.78 is 0.959. The minimum Gasteiger partial charge on any atom is -0.369 e. The Labute approximate surface area is 147 Å². The van der Waals surface area contributed by atoms with Gasteiger partial charge in [0.15, 0.2) is 5.43 Å². The number of benzene rings is 2. The number of piperazine rings is 1. The Bertz CT molecular complexity index is 921. The second kappa shape index (κ2) is 5.91. The highest BCUT2D eigenvalue weighted by atomic mass is 35.5. The zero-order chi connectivity index (χ0) is 16.0. The molecule has 3 aliphatic rings. The normalized spacial score (nSPS) is 15.5. The van der Waals surface area contributed by atoms with Crippen LogP contribution in [0, 0.1) is 0 Å². The molecule has 0 unspecified atom stereocenters. The smallest absolute Gasteiger partial charge is 0.181 e. The fourth-order valence-corrected chi connectivity index (χ4v) is 4.53. The standard InChI is InChI=1S/C16H13Cl2N3OS/c17-11-5-9(21-3-1-19-2-4-21)6-13-15(11)20-16-12(18)7-10(22)8-14(16)23-13/h5-8,19H,1-4H2. The summed E-state index contributed by atoms with van der Waals surface area (Å²) in [5.41, 5.74) is 2.33. The number of halogens is 2. The Morgan fingerprint density at radius 3 is 2.65 bits per heavy atom. The van der Waals surface area contributed by atoms with Crippen molar-refractivity contribution in [1.82, 2.24) is 10.3 Å². The number of nitrogens with zero attached hydrogens (tertiary/aromatic N) is 2. The Balaban J connectivity index is 1.93. The molecule has 1 aliphatic carbocycles. The minimum absolute atomic E-state index is 0.107. The Hall–Kier alpha value is -1.40. The van der Waals surface area contributed by atoms with E-state index in [0.717, 1.165) is 47.0 Å². The van der Waals surface area contributed by atoms with Crippen molar-refractivity contribution in [2.75, 3.05) is 31.1 Å². The van der Waals surface area contributed by atoms with E-state index in [2.05, 4.69) is 21.3 Å². The van der Waals surface area contributed by atoms with Crippen molar-refractivity contribution >= 4 is 50.4 Å². The van der Waals surface area contributed by atoms with Gasteiger partial charge in [-0.05, 0) is 12.1 Å². The first-order valence-electron chi connectivity index (χ1n) is 7.31. The molecule has 2 heterocycles. The van der Waals surface area contributed by atoms with Crippen molar-refractivity contribution in [2.45, 2.75) is 0 Å². The van der Waals surface area contributed by atoms with Gasteiger partial charge in [0.05, 0.1) is 30.8 Å². The molecular weight excluding hydrogens is 353 g/mol. The maximum Gasteiger partial charge on any atom is 0.181 e. The van der Waals surface area contributed by atoms with E-state index in [-0.39, 0.29) is 5.43 Å². The molecular formula is C16H13Cl2N3OS. The Morgan fingerprint density at radius 1 is 1.09 bits per heavy atom. The molecule has 4 rings (SSSR count). The summed E-state index contributed by atoms with van der Waals surface area (Å²) >= 11 is 14.1. The van der Waals surface area contributed by atoms with Crippen LogP contribution in [-0.4, -0.2) is 31.2 Å². The lowest BCUT2D eigenvalue weighted by Gasteiger charge is -2.29. The van der Waals surface area contributed by atoms with Crippen molar-refractivity contribution in [3.63, 3.8) is 0 Å². The van der Waals surface area contributed by atoms with Gasteiger partial charge in [-0.15, -0.1) is 11.3 Å². The monoisotopic (exact) mass is 365 g/mol. The van der Waals surface area contributed by atoms with E-state index < -0.39 is 0 Å². The lowest BCUT2D eigenvalue weighted by molar-refractivity contribution is 0.589. The molecule has 0 bridgehead atoms. The third-order valence-corrected chi connectivity index (χ3v) is 5.58. The van der Waals surface area contributed by atoms with Gasteiger partial charge in [0.25, 0.3) is 0 Å². The molecule has 0 atom stereocenters. The molecule has 1 fully saturated rings. The van der Waals surface area contributed by atoms with Crippen molar-refractivity contribution in [2.24, 2.45) is 0 Å². The number of hydrogen-bond acceptors (Lipinski definition) is 5. The van der Waals surface area contributed by atoms with Crippen molar-refractivity contribution in [3.8, 4) is 10.6 Å². The van der Waals surface area contributed by atoms with Crippen LogP contribution in [0.2, 0.25) is 10.0 Å². The fraction of sp³-hybridized carbons (Fsp3) is 0.250. The number of aromatic nitrogens is 1. The van der Waals surface area contributed by atoms with E-state index in [1.54, 1.807) is 6.07 Å². The molecule has 1 aromatic carbocycles. The summed E-state index contributed by atoms with van der Waals surface area (Å²) in [5, 5.41) is 4.32. The average Bonchev–Trinajstić information content (AvgIpc) is 2.54. The summed E-state index contributed by atoms with van der Waals surface area (Å²) in [6, 6.07) is 7.01. The van der Waals surface area contributed by atoms with Crippen molar-refractivity contribution in [1.29, 1.82) is 0 Å².